The third-order valence-corrected chi connectivity index (χ3v) is 19.8. The van der Waals surface area contributed by atoms with Crippen molar-refractivity contribution in [2.24, 2.45) is 10.7 Å². The molecule has 7 N–H and O–H groups in total. The van der Waals surface area contributed by atoms with Crippen LogP contribution in [0.15, 0.2) is 139 Å². The zero-order valence-electron chi connectivity index (χ0n) is 62.2. The molecule has 2 saturated heterocycles. The normalized spacial score (nSPS) is 14.1. The fraction of sp³-hybridized carbons (Fsp3) is 0.417. The van der Waals surface area contributed by atoms with Crippen molar-refractivity contribution < 1.29 is 53.6 Å². The van der Waals surface area contributed by atoms with E-state index in [1.165, 1.54) is 12.4 Å². The van der Waals surface area contributed by atoms with Crippen LogP contribution in [0.25, 0.3) is 22.3 Å². The van der Waals surface area contributed by atoms with E-state index in [4.69, 9.17) is 77.5 Å². The van der Waals surface area contributed by atoms with Gasteiger partial charge in [0.15, 0.2) is 11.5 Å². The second-order valence-corrected chi connectivity index (χ2v) is 27.5. The number of aliphatic hydroxyl groups is 4. The molecule has 6 aromatic carbocycles. The molecule has 107 heavy (non-hydrogen) atoms. The van der Waals surface area contributed by atoms with E-state index in [-0.39, 0.29) is 45.2 Å². The highest BCUT2D eigenvalue weighted by Gasteiger charge is 2.25. The number of hydrogen-bond acceptors (Lipinski definition) is 21. The lowest BCUT2D eigenvalue weighted by atomic mass is 9.93. The molecular weight excluding hydrogens is 1400 g/mol. The first-order valence-electron chi connectivity index (χ1n) is 36.9. The van der Waals surface area contributed by atoms with E-state index in [0.717, 1.165) is 189 Å². The summed E-state index contributed by atoms with van der Waals surface area (Å²) >= 11 is 13.5. The zero-order chi connectivity index (χ0) is 75.9. The second-order valence-electron chi connectivity index (χ2n) is 26.7. The van der Waals surface area contributed by atoms with Crippen molar-refractivity contribution >= 4 is 29.0 Å². The molecule has 568 valence electrons. The number of nitriles is 2. The van der Waals surface area contributed by atoms with Gasteiger partial charge in [-0.1, -0.05) is 83.9 Å². The molecule has 0 aliphatic carbocycles. The Morgan fingerprint density at radius 3 is 1.47 bits per heavy atom. The van der Waals surface area contributed by atoms with Gasteiger partial charge in [0.1, 0.15) is 73.1 Å². The van der Waals surface area contributed by atoms with Gasteiger partial charge in [-0.2, -0.15) is 10.5 Å². The van der Waals surface area contributed by atoms with E-state index in [9.17, 15) is 20.6 Å². The van der Waals surface area contributed by atoms with Gasteiger partial charge in [-0.15, -0.1) is 0 Å². The molecule has 0 saturated carbocycles. The third-order valence-electron chi connectivity index (χ3n) is 19.2. The first-order chi connectivity index (χ1) is 52.1. The van der Waals surface area contributed by atoms with Gasteiger partial charge in [-0.3, -0.25) is 15.0 Å². The van der Waals surface area contributed by atoms with E-state index in [1.807, 2.05) is 47.4 Å². The predicted octanol–water partition coefficient (Wildman–Crippen LogP) is 12.9. The second kappa shape index (κ2) is 43.1. The number of pyridine rings is 2. The largest absolute Gasteiger partial charge is 0.493 e. The highest BCUT2D eigenvalue weighted by Crippen LogP contribution is 2.41. The van der Waals surface area contributed by atoms with Crippen LogP contribution in [0.3, 0.4) is 0 Å². The van der Waals surface area contributed by atoms with Crippen LogP contribution in [0, 0.1) is 50.4 Å². The first-order valence-corrected chi connectivity index (χ1v) is 37.6. The Kier molecular flexibility index (Phi) is 33.0. The van der Waals surface area contributed by atoms with E-state index in [1.54, 1.807) is 49.8 Å². The zero-order valence-corrected chi connectivity index (χ0v) is 63.7. The number of nitrogens with two attached hydrogens (primary N) is 1. The van der Waals surface area contributed by atoms with Crippen LogP contribution in [0.2, 0.25) is 10.0 Å². The molecule has 0 atom stereocenters. The van der Waals surface area contributed by atoms with Gasteiger partial charge in [-0.25, -0.2) is 0 Å². The maximum Gasteiger partial charge on any atom is 0.165 e. The third kappa shape index (κ3) is 24.2. The minimum atomic E-state index is -0.158. The summed E-state index contributed by atoms with van der Waals surface area (Å²) in [7, 11) is 1.55. The number of likely N-dealkylation sites (tertiary alicyclic amines) is 2. The standard InChI is InChI=1S/C42H48ClN5O5.C37H40ClN3O5.C5H14N2O/c1-29-33(7-3-8-35(29)36-9-4-10-39(30(36)2)51-20-6-14-47-16-11-34(50)12-17-47)28-53-41-23-40(52-27-32-21-31(24-44)25-45-26-32)37(22-38(41)43)42-46-13-5-15-48(42)18-19-49;1-25-29(24-46-35-19-37(36(43-3)18-33(35)38)45-23-28-17-27(20-39)21-40-22-28)7-4-8-31(25)32-9-5-10-34(26(32)2)44-16-6-13-41-14-11-30(42)12-15-41;6-2-1-3-7-4-5-8/h3-4,7-10,21-23,25-26,34,49-50H,5-6,11-20,27-28H2,1-2H3;4-5,7-10,17-19,21-22,30,42H,6,11-16,23-24H2,1-3H3;7-8H,1-6H2. The summed E-state index contributed by atoms with van der Waals surface area (Å²) in [6.07, 6.45) is 13.2. The maximum atomic E-state index is 9.79. The van der Waals surface area contributed by atoms with Crippen LogP contribution >= 0.6 is 23.2 Å². The molecule has 23 heteroatoms. The fourth-order valence-electron chi connectivity index (χ4n) is 13.0. The number of hydrogen-bond donors (Lipinski definition) is 6. The number of aliphatic imine (C=N–C) groups is 1. The first kappa shape index (κ1) is 82.0. The van der Waals surface area contributed by atoms with Gasteiger partial charge in [-0.05, 0) is 178 Å². The van der Waals surface area contributed by atoms with Crippen molar-refractivity contribution in [3.8, 4) is 74.6 Å². The Morgan fingerprint density at radius 2 is 0.981 bits per heavy atom. The summed E-state index contributed by atoms with van der Waals surface area (Å²) in [4.78, 5) is 19.9. The number of piperidine rings is 2. The Bertz CT molecular complexity index is 4260. The molecule has 21 nitrogen and oxygen atoms in total. The summed E-state index contributed by atoms with van der Waals surface area (Å²) in [5.41, 5.74) is 19.3. The summed E-state index contributed by atoms with van der Waals surface area (Å²) in [5, 5.41) is 59.9. The average molecular weight is 1500 g/mol. The monoisotopic (exact) mass is 1500 g/mol. The smallest absolute Gasteiger partial charge is 0.165 e. The van der Waals surface area contributed by atoms with Crippen LogP contribution in [-0.2, 0) is 26.4 Å². The maximum absolute atomic E-state index is 9.79. The lowest BCUT2D eigenvalue weighted by molar-refractivity contribution is 0.0797. The van der Waals surface area contributed by atoms with Gasteiger partial charge in [0.2, 0.25) is 0 Å². The van der Waals surface area contributed by atoms with Crippen LogP contribution in [0.4, 0.5) is 0 Å². The molecule has 2 aromatic heterocycles. The van der Waals surface area contributed by atoms with Crippen molar-refractivity contribution in [3.05, 3.63) is 205 Å². The molecule has 5 heterocycles. The van der Waals surface area contributed by atoms with Crippen molar-refractivity contribution in [1.29, 1.82) is 10.5 Å². The molecule has 3 aliphatic rings. The predicted molar refractivity (Wildman–Crippen MR) is 419 cm³/mol. The van der Waals surface area contributed by atoms with Crippen LogP contribution < -0.4 is 44.2 Å². The quantitative estimate of drug-likeness (QED) is 0.0209. The van der Waals surface area contributed by atoms with E-state index in [2.05, 4.69) is 101 Å². The van der Waals surface area contributed by atoms with Gasteiger partial charge >= 0.3 is 0 Å². The van der Waals surface area contributed by atoms with E-state index in [0.29, 0.717) is 101 Å². The highest BCUT2D eigenvalue weighted by atomic mass is 35.5. The van der Waals surface area contributed by atoms with E-state index >= 15 is 0 Å². The summed E-state index contributed by atoms with van der Waals surface area (Å²) < 4.78 is 43.0. The number of halogens is 2. The molecule has 3 aliphatic heterocycles. The molecule has 0 amide bonds. The number of aliphatic hydroxyl groups excluding tert-OH is 4. The Hall–Kier alpha value is -9.07. The molecule has 0 unspecified atom stereocenters. The topological polar surface area (TPSA) is 279 Å². The van der Waals surface area contributed by atoms with Gasteiger partial charge in [0, 0.05) is 120 Å². The van der Waals surface area contributed by atoms with Crippen molar-refractivity contribution in [2.45, 2.75) is 118 Å². The Morgan fingerprint density at radius 1 is 0.505 bits per heavy atom. The van der Waals surface area contributed by atoms with Crippen LogP contribution in [-0.4, -0.2) is 175 Å². The molecule has 0 spiro atoms. The number of methoxy groups -OCH3 is 1. The molecule has 2 fully saturated rings. The molecule has 0 radical (unpaired) electrons. The summed E-state index contributed by atoms with van der Waals surface area (Å²) in [6.45, 7) is 20.8. The highest BCUT2D eigenvalue weighted by molar-refractivity contribution is 6.33. The van der Waals surface area contributed by atoms with Crippen molar-refractivity contribution in [1.82, 2.24) is 30.0 Å². The molecule has 0 bridgehead atoms. The number of nitrogens with one attached hydrogen (secondary N) is 1. The summed E-state index contributed by atoms with van der Waals surface area (Å²) in [5.74, 6) is 4.90. The number of aromatic nitrogens is 2. The number of nitrogens with zero attached hydrogens (tertiary/aromatic N) is 8. The summed E-state index contributed by atoms with van der Waals surface area (Å²) in [6, 6.07) is 39.6. The lowest BCUT2D eigenvalue weighted by Gasteiger charge is -2.30. The number of rotatable bonds is 33. The van der Waals surface area contributed by atoms with Crippen LogP contribution in [0.5, 0.6) is 40.2 Å². The SMILES string of the molecule is COc1cc(Cl)c(OCc2cccc(-c3cccc(OCCCN4CCC(O)CC4)c3C)c2C)cc1OCc1cncc(C#N)c1.Cc1c(COc2cc(OCc3cncc(C#N)c3)c(C3=NCCCN3CCO)cc2Cl)cccc1-c1cccc(OCCCN2CCC(O)CC2)c1C.NCCCNCCO. The van der Waals surface area contributed by atoms with Gasteiger partial charge in [0.25, 0.3) is 0 Å². The van der Waals surface area contributed by atoms with E-state index < -0.39 is 0 Å². The lowest BCUT2D eigenvalue weighted by Crippen LogP contribution is -2.38. The number of ether oxygens (including phenoxy) is 7. The number of benzene rings is 6. The Balaban J connectivity index is 0.000000226. The van der Waals surface area contributed by atoms with Crippen molar-refractivity contribution in [3.63, 3.8) is 0 Å². The Labute approximate surface area is 640 Å². The van der Waals surface area contributed by atoms with Gasteiger partial charge < -0.3 is 79.3 Å². The van der Waals surface area contributed by atoms with Crippen molar-refractivity contribution in [2.75, 3.05) is 112 Å². The minimum absolute atomic E-state index is 0.00208. The van der Waals surface area contributed by atoms with Crippen LogP contribution in [0.1, 0.15) is 113 Å². The molecule has 11 rings (SSSR count). The van der Waals surface area contributed by atoms with Gasteiger partial charge in [0.05, 0.1) is 72.5 Å². The number of amidine groups is 1. The number of β-amino-alcohol motifs (C(OH)–C–C–N with tert-alkyl or cyclic N) is 1. The fourth-order valence-corrected chi connectivity index (χ4v) is 13.4. The molecular formula is C84H102Cl2N10O11. The minimum Gasteiger partial charge on any atom is -0.493 e. The molecule has 8 aromatic rings. The average Bonchev–Trinajstić information content (AvgIpc) is 0.798.